The molecule has 0 saturated carbocycles. The molecule has 11 heavy (non-hydrogen) atoms. The molecule has 1 N–H and O–H groups in total. The Morgan fingerprint density at radius 3 is 2.45 bits per heavy atom. The predicted molar refractivity (Wildman–Crippen MR) is 52.3 cm³/mol. The molecule has 64 valence electrons. The second-order valence-electron chi connectivity index (χ2n) is 2.19. The van der Waals surface area contributed by atoms with Gasteiger partial charge >= 0.3 is 5.97 Å². The fraction of sp³-hybridized carbons (Fsp3) is 0.571. The molecule has 0 aliphatic carbocycles. The Bertz CT molecular complexity index is 155. The first-order valence-corrected chi connectivity index (χ1v) is 5.06. The first kappa shape index (κ1) is 11.2. The summed E-state index contributed by atoms with van der Waals surface area (Å²) in [5, 5.41) is 8.42. The Morgan fingerprint density at radius 2 is 2.09 bits per heavy atom. The van der Waals surface area contributed by atoms with E-state index in [1.807, 2.05) is 0 Å². The van der Waals surface area contributed by atoms with Crippen LogP contribution in [-0.2, 0) is 4.79 Å². The topological polar surface area (TPSA) is 37.3 Å². The molecule has 0 atom stereocenters. The standard InChI is InChI=1S/C7H10Br2O2/c1-5(7(10)11)3-2-4-6(8)9/h6H,1-4H2,(H,10,11). The highest BCUT2D eigenvalue weighted by atomic mass is 79.9. The zero-order valence-electron chi connectivity index (χ0n) is 6.02. The van der Waals surface area contributed by atoms with Gasteiger partial charge in [-0.2, -0.15) is 0 Å². The third kappa shape index (κ3) is 6.56. The predicted octanol–water partition coefficient (Wildman–Crippen LogP) is 2.91. The lowest BCUT2D eigenvalue weighted by Gasteiger charge is -2.00. The summed E-state index contributed by atoms with van der Waals surface area (Å²) in [6.07, 6.45) is 2.31. The van der Waals surface area contributed by atoms with Crippen molar-refractivity contribution in [1.29, 1.82) is 0 Å². The normalized spacial score (nSPS) is 10.1. The van der Waals surface area contributed by atoms with E-state index < -0.39 is 5.97 Å². The van der Waals surface area contributed by atoms with Crippen molar-refractivity contribution in [2.24, 2.45) is 0 Å². The van der Waals surface area contributed by atoms with E-state index in [-0.39, 0.29) is 9.31 Å². The zero-order valence-corrected chi connectivity index (χ0v) is 9.19. The van der Waals surface area contributed by atoms with Gasteiger partial charge in [0.2, 0.25) is 0 Å². The van der Waals surface area contributed by atoms with E-state index in [1.165, 1.54) is 0 Å². The molecule has 0 saturated heterocycles. The molecule has 0 fully saturated rings. The van der Waals surface area contributed by atoms with E-state index in [0.717, 1.165) is 12.8 Å². The van der Waals surface area contributed by atoms with Gasteiger partial charge in [-0.15, -0.1) is 0 Å². The Morgan fingerprint density at radius 1 is 1.55 bits per heavy atom. The molecule has 0 aromatic carbocycles. The number of alkyl halides is 2. The number of hydrogen-bond acceptors (Lipinski definition) is 1. The molecule has 0 spiro atoms. The smallest absolute Gasteiger partial charge is 0.330 e. The van der Waals surface area contributed by atoms with Gasteiger partial charge < -0.3 is 5.11 Å². The van der Waals surface area contributed by atoms with Gasteiger partial charge in [0.1, 0.15) is 0 Å². The van der Waals surface area contributed by atoms with Crippen LogP contribution in [0, 0.1) is 0 Å². The molecule has 0 aliphatic rings. The molecule has 0 bridgehead atoms. The minimum atomic E-state index is -0.898. The van der Waals surface area contributed by atoms with Crippen molar-refractivity contribution in [1.82, 2.24) is 0 Å². The molecule has 0 radical (unpaired) electrons. The highest BCUT2D eigenvalue weighted by Crippen LogP contribution is 2.17. The zero-order chi connectivity index (χ0) is 8.85. The Balaban J connectivity index is 3.40. The number of rotatable bonds is 5. The lowest BCUT2D eigenvalue weighted by Crippen LogP contribution is -1.99. The molecule has 0 heterocycles. The van der Waals surface area contributed by atoms with Gasteiger partial charge in [0.15, 0.2) is 0 Å². The molecule has 0 aromatic heterocycles. The van der Waals surface area contributed by atoms with Crippen molar-refractivity contribution in [3.05, 3.63) is 12.2 Å². The molecule has 0 aromatic rings. The van der Waals surface area contributed by atoms with Crippen molar-refractivity contribution in [3.63, 3.8) is 0 Å². The lowest BCUT2D eigenvalue weighted by atomic mass is 10.1. The molecule has 4 heteroatoms. The van der Waals surface area contributed by atoms with Crippen LogP contribution in [-0.4, -0.2) is 14.8 Å². The minimum Gasteiger partial charge on any atom is -0.478 e. The monoisotopic (exact) mass is 284 g/mol. The lowest BCUT2D eigenvalue weighted by molar-refractivity contribution is -0.132. The summed E-state index contributed by atoms with van der Waals surface area (Å²) < 4.78 is 0.275. The molecule has 0 rings (SSSR count). The largest absolute Gasteiger partial charge is 0.478 e. The molecule has 0 aliphatic heterocycles. The maximum atomic E-state index is 10.3. The second-order valence-corrected chi connectivity index (χ2v) is 5.63. The Labute approximate surface area is 82.9 Å². The number of hydrogen-bond donors (Lipinski definition) is 1. The Kier molecular flexibility index (Phi) is 5.86. The summed E-state index contributed by atoms with van der Waals surface area (Å²) >= 11 is 6.60. The third-order valence-electron chi connectivity index (χ3n) is 1.20. The highest BCUT2D eigenvalue weighted by Gasteiger charge is 2.04. The van der Waals surface area contributed by atoms with Crippen LogP contribution >= 0.6 is 31.9 Å². The number of carboxylic acid groups (broad SMARTS) is 1. The van der Waals surface area contributed by atoms with Crippen LogP contribution in [0.2, 0.25) is 0 Å². The highest BCUT2D eigenvalue weighted by molar-refractivity contribution is 9.24. The van der Waals surface area contributed by atoms with Crippen molar-refractivity contribution in [2.45, 2.75) is 23.0 Å². The van der Waals surface area contributed by atoms with E-state index in [2.05, 4.69) is 38.4 Å². The quantitative estimate of drug-likeness (QED) is 0.623. The summed E-state index contributed by atoms with van der Waals surface area (Å²) in [5.74, 6) is -0.898. The summed E-state index contributed by atoms with van der Waals surface area (Å²) in [5.41, 5.74) is 0.283. The molecular formula is C7H10Br2O2. The van der Waals surface area contributed by atoms with Gasteiger partial charge in [0.05, 0.1) is 3.74 Å². The molecule has 0 unspecified atom stereocenters. The van der Waals surface area contributed by atoms with Crippen molar-refractivity contribution in [2.75, 3.05) is 0 Å². The van der Waals surface area contributed by atoms with Gasteiger partial charge in [-0.25, -0.2) is 4.79 Å². The van der Waals surface area contributed by atoms with Crippen LogP contribution in [0.15, 0.2) is 12.2 Å². The van der Waals surface area contributed by atoms with Crippen LogP contribution in [0.3, 0.4) is 0 Å². The second kappa shape index (κ2) is 5.77. The van der Waals surface area contributed by atoms with Crippen molar-refractivity contribution >= 4 is 37.8 Å². The fourth-order valence-electron chi connectivity index (χ4n) is 0.577. The van der Waals surface area contributed by atoms with Gasteiger partial charge in [-0.05, 0) is 19.3 Å². The molecule has 0 amide bonds. The van der Waals surface area contributed by atoms with E-state index in [0.29, 0.717) is 6.42 Å². The Hall–Kier alpha value is 0.170. The number of carboxylic acids is 1. The van der Waals surface area contributed by atoms with E-state index in [1.54, 1.807) is 0 Å². The third-order valence-corrected chi connectivity index (χ3v) is 2.12. The van der Waals surface area contributed by atoms with Gasteiger partial charge in [-0.1, -0.05) is 38.4 Å². The summed E-state index contributed by atoms with van der Waals surface area (Å²) in [6.45, 7) is 3.42. The first-order valence-electron chi connectivity index (χ1n) is 3.23. The van der Waals surface area contributed by atoms with E-state index >= 15 is 0 Å². The summed E-state index contributed by atoms with van der Waals surface area (Å²) in [4.78, 5) is 10.3. The SMILES string of the molecule is C=C(CCCC(Br)Br)C(=O)O. The van der Waals surface area contributed by atoms with Crippen LogP contribution in [0.5, 0.6) is 0 Å². The number of halogens is 2. The number of carbonyl (C=O) groups is 1. The minimum absolute atomic E-state index is 0.275. The van der Waals surface area contributed by atoms with Gasteiger partial charge in [0.25, 0.3) is 0 Å². The maximum absolute atomic E-state index is 10.3. The van der Waals surface area contributed by atoms with Gasteiger partial charge in [0, 0.05) is 5.57 Å². The van der Waals surface area contributed by atoms with Crippen molar-refractivity contribution in [3.8, 4) is 0 Å². The van der Waals surface area contributed by atoms with Crippen LogP contribution in [0.4, 0.5) is 0 Å². The summed E-state index contributed by atoms with van der Waals surface area (Å²) in [7, 11) is 0. The van der Waals surface area contributed by atoms with E-state index in [9.17, 15) is 4.79 Å². The van der Waals surface area contributed by atoms with Crippen LogP contribution in [0.25, 0.3) is 0 Å². The molecular weight excluding hydrogens is 276 g/mol. The maximum Gasteiger partial charge on any atom is 0.330 e. The van der Waals surface area contributed by atoms with E-state index in [4.69, 9.17) is 5.11 Å². The number of aliphatic carboxylic acids is 1. The fourth-order valence-corrected chi connectivity index (χ4v) is 1.22. The van der Waals surface area contributed by atoms with Crippen molar-refractivity contribution < 1.29 is 9.90 Å². The summed E-state index contributed by atoms with van der Waals surface area (Å²) in [6, 6.07) is 0. The first-order chi connectivity index (χ1) is 5.04. The van der Waals surface area contributed by atoms with Gasteiger partial charge in [-0.3, -0.25) is 0 Å². The molecule has 2 nitrogen and oxygen atoms in total. The average molecular weight is 286 g/mol. The van der Waals surface area contributed by atoms with Crippen LogP contribution in [0.1, 0.15) is 19.3 Å². The average Bonchev–Trinajstić information content (AvgIpc) is 1.86. The van der Waals surface area contributed by atoms with Crippen LogP contribution < -0.4 is 0 Å².